The van der Waals surface area contributed by atoms with Crippen LogP contribution in [-0.2, 0) is 0 Å². The van der Waals surface area contributed by atoms with E-state index in [-0.39, 0.29) is 5.41 Å². The Morgan fingerprint density at radius 1 is 0.917 bits per heavy atom. The predicted octanol–water partition coefficient (Wildman–Crippen LogP) is 6.63. The van der Waals surface area contributed by atoms with Gasteiger partial charge in [-0.15, -0.1) is 0 Å². The van der Waals surface area contributed by atoms with Crippen molar-refractivity contribution in [2.45, 2.75) is 48.5 Å². The summed E-state index contributed by atoms with van der Waals surface area (Å²) in [6.45, 7) is 15.4. The molecule has 0 radical (unpaired) electrons. The fraction of sp³-hybridized carbons (Fsp3) is 0.391. The molecule has 0 fully saturated rings. The highest BCUT2D eigenvalue weighted by Crippen LogP contribution is 2.23. The standard InChI is InChI=1S/C13H12.C8H17N.C2H6/c1-11-6-5-9-13(10-11)12-7-3-2-4-8-12;1-5-7(6-9)8(2,3)4;1-2/h2-10H,1H3;5H,6,9H2,1-4H3;1-2H3/b;7-5+;. The van der Waals surface area contributed by atoms with Gasteiger partial charge in [-0.2, -0.15) is 0 Å². The molecule has 0 aromatic heterocycles. The lowest BCUT2D eigenvalue weighted by molar-refractivity contribution is 0.494. The molecule has 0 spiro atoms. The van der Waals surface area contributed by atoms with Gasteiger partial charge in [0.1, 0.15) is 0 Å². The number of allylic oxidation sites excluding steroid dienone is 1. The molecule has 0 aliphatic heterocycles. The lowest BCUT2D eigenvalue weighted by Crippen LogP contribution is -2.17. The second kappa shape index (κ2) is 11.6. The summed E-state index contributed by atoms with van der Waals surface area (Å²) in [6.07, 6.45) is 2.10. The molecule has 0 heterocycles. The molecule has 0 aliphatic rings. The zero-order valence-electron chi connectivity index (χ0n) is 16.6. The van der Waals surface area contributed by atoms with Crippen molar-refractivity contribution < 1.29 is 0 Å². The fourth-order valence-corrected chi connectivity index (χ4v) is 2.31. The van der Waals surface area contributed by atoms with E-state index in [1.807, 2.05) is 26.8 Å². The zero-order valence-corrected chi connectivity index (χ0v) is 16.6. The smallest absolute Gasteiger partial charge is 0.0141 e. The average molecular weight is 326 g/mol. The van der Waals surface area contributed by atoms with Gasteiger partial charge in [-0.3, -0.25) is 0 Å². The Bertz CT molecular complexity index is 589. The van der Waals surface area contributed by atoms with E-state index in [9.17, 15) is 0 Å². The molecule has 2 aromatic rings. The van der Waals surface area contributed by atoms with Crippen LogP contribution in [0.4, 0.5) is 0 Å². The van der Waals surface area contributed by atoms with E-state index in [2.05, 4.69) is 82.3 Å². The summed E-state index contributed by atoms with van der Waals surface area (Å²) in [5.74, 6) is 0. The van der Waals surface area contributed by atoms with E-state index in [1.165, 1.54) is 22.3 Å². The monoisotopic (exact) mass is 325 g/mol. The Kier molecular flexibility index (Phi) is 10.7. The van der Waals surface area contributed by atoms with Crippen molar-refractivity contribution >= 4 is 0 Å². The zero-order chi connectivity index (χ0) is 18.6. The molecular weight excluding hydrogens is 290 g/mol. The molecule has 2 aromatic carbocycles. The third-order valence-corrected chi connectivity index (χ3v) is 3.66. The number of benzene rings is 2. The highest BCUT2D eigenvalue weighted by atomic mass is 14.5. The first-order valence-electron chi connectivity index (χ1n) is 8.86. The van der Waals surface area contributed by atoms with Crippen molar-refractivity contribution in [3.63, 3.8) is 0 Å². The van der Waals surface area contributed by atoms with Crippen molar-refractivity contribution in [2.24, 2.45) is 11.1 Å². The Hall–Kier alpha value is -1.86. The first kappa shape index (κ1) is 22.1. The lowest BCUT2D eigenvalue weighted by Gasteiger charge is -2.21. The van der Waals surface area contributed by atoms with Crippen LogP contribution in [0.5, 0.6) is 0 Å². The number of rotatable bonds is 2. The summed E-state index contributed by atoms with van der Waals surface area (Å²) in [6, 6.07) is 19.0. The van der Waals surface area contributed by atoms with Crippen LogP contribution >= 0.6 is 0 Å². The van der Waals surface area contributed by atoms with Gasteiger partial charge < -0.3 is 5.73 Å². The van der Waals surface area contributed by atoms with Crippen LogP contribution < -0.4 is 5.73 Å². The Labute approximate surface area is 149 Å². The summed E-state index contributed by atoms with van der Waals surface area (Å²) >= 11 is 0. The number of hydrogen-bond acceptors (Lipinski definition) is 1. The number of aryl methyl sites for hydroxylation is 1. The van der Waals surface area contributed by atoms with Gasteiger partial charge in [0.05, 0.1) is 0 Å². The van der Waals surface area contributed by atoms with Crippen LogP contribution in [0.1, 0.15) is 47.1 Å². The largest absolute Gasteiger partial charge is 0.327 e. The third-order valence-electron chi connectivity index (χ3n) is 3.66. The van der Waals surface area contributed by atoms with E-state index >= 15 is 0 Å². The Balaban J connectivity index is 0.000000426. The van der Waals surface area contributed by atoms with Gasteiger partial charge in [-0.05, 0) is 30.4 Å². The Morgan fingerprint density at radius 2 is 1.46 bits per heavy atom. The molecule has 0 unspecified atom stereocenters. The van der Waals surface area contributed by atoms with Gasteiger partial charge in [0.15, 0.2) is 0 Å². The summed E-state index contributed by atoms with van der Waals surface area (Å²) in [5.41, 5.74) is 11.0. The quantitative estimate of drug-likeness (QED) is 0.616. The molecule has 132 valence electrons. The Morgan fingerprint density at radius 3 is 1.83 bits per heavy atom. The molecule has 1 heteroatoms. The first-order valence-corrected chi connectivity index (χ1v) is 8.86. The van der Waals surface area contributed by atoms with E-state index in [0.29, 0.717) is 6.54 Å². The van der Waals surface area contributed by atoms with Gasteiger partial charge in [0.25, 0.3) is 0 Å². The van der Waals surface area contributed by atoms with Crippen molar-refractivity contribution in [2.75, 3.05) is 6.54 Å². The van der Waals surface area contributed by atoms with Gasteiger partial charge in [-0.1, -0.05) is 106 Å². The minimum absolute atomic E-state index is 0.253. The molecule has 0 amide bonds. The molecule has 0 atom stereocenters. The molecule has 0 saturated heterocycles. The SMILES string of the molecule is C/C=C(\CN)C(C)(C)C.CC.Cc1cccc(-c2ccccc2)c1. The summed E-state index contributed by atoms with van der Waals surface area (Å²) in [7, 11) is 0. The molecule has 0 bridgehead atoms. The molecule has 24 heavy (non-hydrogen) atoms. The van der Waals surface area contributed by atoms with Crippen molar-refractivity contribution in [1.82, 2.24) is 0 Å². The molecule has 2 N–H and O–H groups in total. The van der Waals surface area contributed by atoms with Crippen LogP contribution in [0.3, 0.4) is 0 Å². The number of hydrogen-bond donors (Lipinski definition) is 1. The number of nitrogens with two attached hydrogens (primary N) is 1. The minimum atomic E-state index is 0.253. The predicted molar refractivity (Wildman–Crippen MR) is 110 cm³/mol. The minimum Gasteiger partial charge on any atom is -0.327 e. The van der Waals surface area contributed by atoms with Gasteiger partial charge >= 0.3 is 0 Å². The van der Waals surface area contributed by atoms with Crippen LogP contribution in [-0.4, -0.2) is 6.54 Å². The van der Waals surface area contributed by atoms with Gasteiger partial charge in [-0.25, -0.2) is 0 Å². The maximum absolute atomic E-state index is 5.50. The van der Waals surface area contributed by atoms with Crippen molar-refractivity contribution in [3.8, 4) is 11.1 Å². The fourth-order valence-electron chi connectivity index (χ4n) is 2.31. The third kappa shape index (κ3) is 8.12. The van der Waals surface area contributed by atoms with Crippen LogP contribution in [0, 0.1) is 12.3 Å². The second-order valence-electron chi connectivity index (χ2n) is 6.50. The van der Waals surface area contributed by atoms with Gasteiger partial charge in [0, 0.05) is 6.54 Å². The molecule has 0 saturated carbocycles. The van der Waals surface area contributed by atoms with E-state index in [0.717, 1.165) is 0 Å². The highest BCUT2D eigenvalue weighted by molar-refractivity contribution is 5.63. The lowest BCUT2D eigenvalue weighted by atomic mass is 9.86. The molecule has 2 rings (SSSR count). The van der Waals surface area contributed by atoms with E-state index in [4.69, 9.17) is 5.73 Å². The van der Waals surface area contributed by atoms with E-state index < -0.39 is 0 Å². The van der Waals surface area contributed by atoms with Crippen LogP contribution in [0.2, 0.25) is 0 Å². The van der Waals surface area contributed by atoms with Crippen LogP contribution in [0.25, 0.3) is 11.1 Å². The first-order chi connectivity index (χ1) is 11.4. The summed E-state index contributed by atoms with van der Waals surface area (Å²) in [4.78, 5) is 0. The van der Waals surface area contributed by atoms with Crippen molar-refractivity contribution in [3.05, 3.63) is 71.8 Å². The molecule has 1 nitrogen and oxygen atoms in total. The molecular formula is C23H35N. The highest BCUT2D eigenvalue weighted by Gasteiger charge is 2.13. The second-order valence-corrected chi connectivity index (χ2v) is 6.50. The summed E-state index contributed by atoms with van der Waals surface area (Å²) < 4.78 is 0. The maximum atomic E-state index is 5.50. The van der Waals surface area contributed by atoms with E-state index in [1.54, 1.807) is 0 Å². The maximum Gasteiger partial charge on any atom is 0.0141 e. The normalized spacial score (nSPS) is 10.9. The van der Waals surface area contributed by atoms with Crippen LogP contribution in [0.15, 0.2) is 66.2 Å². The topological polar surface area (TPSA) is 26.0 Å². The van der Waals surface area contributed by atoms with Gasteiger partial charge in [0.2, 0.25) is 0 Å². The molecule has 0 aliphatic carbocycles. The average Bonchev–Trinajstić information content (AvgIpc) is 2.58. The summed E-state index contributed by atoms with van der Waals surface area (Å²) in [5, 5.41) is 0. The van der Waals surface area contributed by atoms with Crippen molar-refractivity contribution in [1.29, 1.82) is 0 Å².